The average molecular weight is 311 g/mol. The molecule has 2 atom stereocenters. The molecule has 0 radical (unpaired) electrons. The van der Waals surface area contributed by atoms with E-state index in [-0.39, 0.29) is 0 Å². The molecule has 0 aromatic heterocycles. The fourth-order valence-corrected chi connectivity index (χ4v) is 3.11. The molecule has 0 aliphatic heterocycles. The Balaban J connectivity index is 2.71. The van der Waals surface area contributed by atoms with Crippen LogP contribution in [0.15, 0.2) is 24.3 Å². The van der Waals surface area contributed by atoms with Crippen LogP contribution >= 0.6 is 11.6 Å². The summed E-state index contributed by atoms with van der Waals surface area (Å²) in [6.45, 7) is 12.3. The van der Waals surface area contributed by atoms with Gasteiger partial charge in [0.15, 0.2) is 0 Å². The number of nitrogens with one attached hydrogen (secondary N) is 1. The lowest BCUT2D eigenvalue weighted by molar-refractivity contribution is 0.143. The molecular formula is C18H31ClN2. The van der Waals surface area contributed by atoms with Crippen molar-refractivity contribution >= 4 is 11.6 Å². The second kappa shape index (κ2) is 8.77. The highest BCUT2D eigenvalue weighted by Crippen LogP contribution is 2.28. The largest absolute Gasteiger partial charge is 0.316 e. The Morgan fingerprint density at radius 1 is 1.24 bits per heavy atom. The van der Waals surface area contributed by atoms with E-state index >= 15 is 0 Å². The van der Waals surface area contributed by atoms with Crippen molar-refractivity contribution in [3.8, 4) is 0 Å². The van der Waals surface area contributed by atoms with Gasteiger partial charge >= 0.3 is 0 Å². The first-order chi connectivity index (χ1) is 9.91. The van der Waals surface area contributed by atoms with Crippen molar-refractivity contribution in [1.29, 1.82) is 0 Å². The molecule has 120 valence electrons. The first-order valence-electron chi connectivity index (χ1n) is 8.08. The molecule has 3 heteroatoms. The van der Waals surface area contributed by atoms with Crippen molar-refractivity contribution in [2.75, 3.05) is 26.7 Å². The maximum Gasteiger partial charge on any atom is 0.0406 e. The van der Waals surface area contributed by atoms with Gasteiger partial charge in [-0.25, -0.2) is 0 Å². The maximum atomic E-state index is 5.98. The van der Waals surface area contributed by atoms with Gasteiger partial charge in [0.25, 0.3) is 0 Å². The minimum atomic E-state index is 0.320. The van der Waals surface area contributed by atoms with E-state index in [1.165, 1.54) is 18.4 Å². The molecule has 2 unspecified atom stereocenters. The summed E-state index contributed by atoms with van der Waals surface area (Å²) in [5.74, 6) is 0. The van der Waals surface area contributed by atoms with E-state index in [1.807, 2.05) is 12.1 Å². The zero-order valence-electron chi connectivity index (χ0n) is 14.2. The van der Waals surface area contributed by atoms with E-state index in [0.717, 1.165) is 24.7 Å². The molecule has 0 spiro atoms. The van der Waals surface area contributed by atoms with E-state index < -0.39 is 0 Å². The van der Waals surface area contributed by atoms with Gasteiger partial charge in [0.05, 0.1) is 0 Å². The third kappa shape index (κ3) is 5.98. The molecule has 1 N–H and O–H groups in total. The zero-order chi connectivity index (χ0) is 15.9. The Morgan fingerprint density at radius 3 is 2.38 bits per heavy atom. The highest BCUT2D eigenvalue weighted by molar-refractivity contribution is 6.30. The van der Waals surface area contributed by atoms with E-state index in [4.69, 9.17) is 11.6 Å². The molecule has 2 nitrogen and oxygen atoms in total. The lowest BCUT2D eigenvalue weighted by Crippen LogP contribution is -2.41. The minimum absolute atomic E-state index is 0.320. The lowest BCUT2D eigenvalue weighted by atomic mass is 9.84. The van der Waals surface area contributed by atoms with E-state index in [0.29, 0.717) is 11.5 Å². The average Bonchev–Trinajstić information content (AvgIpc) is 2.45. The normalized spacial score (nSPS) is 16.0. The topological polar surface area (TPSA) is 15.3 Å². The van der Waals surface area contributed by atoms with Crippen LogP contribution in [-0.4, -0.2) is 31.6 Å². The van der Waals surface area contributed by atoms with Crippen LogP contribution in [-0.2, 0) is 0 Å². The van der Waals surface area contributed by atoms with Gasteiger partial charge < -0.3 is 5.32 Å². The van der Waals surface area contributed by atoms with Crippen molar-refractivity contribution in [2.24, 2.45) is 5.41 Å². The quantitative estimate of drug-likeness (QED) is 0.708. The molecule has 0 saturated carbocycles. The number of hydrogen-bond donors (Lipinski definition) is 1. The molecule has 1 aromatic carbocycles. The summed E-state index contributed by atoms with van der Waals surface area (Å²) < 4.78 is 0. The summed E-state index contributed by atoms with van der Waals surface area (Å²) in [5, 5.41) is 4.32. The molecule has 0 amide bonds. The summed E-state index contributed by atoms with van der Waals surface area (Å²) in [5.41, 5.74) is 1.64. The Kier molecular flexibility index (Phi) is 7.72. The van der Waals surface area contributed by atoms with Crippen LogP contribution in [0.2, 0.25) is 5.02 Å². The fraction of sp³-hybridized carbons (Fsp3) is 0.667. The predicted octanol–water partition coefficient (Wildman–Crippen LogP) is 4.75. The van der Waals surface area contributed by atoms with Crippen LogP contribution in [0.4, 0.5) is 0 Å². The van der Waals surface area contributed by atoms with E-state index in [1.54, 1.807) is 0 Å². The van der Waals surface area contributed by atoms with Crippen LogP contribution in [0.3, 0.4) is 0 Å². The number of halogens is 1. The highest BCUT2D eigenvalue weighted by atomic mass is 35.5. The highest BCUT2D eigenvalue weighted by Gasteiger charge is 2.26. The SMILES string of the molecule is CCCC(C)(CNCC)CN(C)C(C)c1ccc(Cl)cc1. The van der Waals surface area contributed by atoms with E-state index in [2.05, 4.69) is 57.1 Å². The Labute approximate surface area is 135 Å². The van der Waals surface area contributed by atoms with Gasteiger partial charge in [-0.05, 0) is 50.0 Å². The standard InChI is InChI=1S/C18H31ClN2/c1-6-12-18(4,13-20-7-2)14-21(5)15(3)16-8-10-17(19)11-9-16/h8-11,15,20H,6-7,12-14H2,1-5H3. The molecule has 0 aliphatic rings. The summed E-state index contributed by atoms with van der Waals surface area (Å²) in [4.78, 5) is 2.45. The third-order valence-corrected chi connectivity index (χ3v) is 4.55. The van der Waals surface area contributed by atoms with Crippen LogP contribution in [0, 0.1) is 5.41 Å². The molecule has 0 fully saturated rings. The first-order valence-corrected chi connectivity index (χ1v) is 8.46. The molecule has 0 heterocycles. The molecule has 1 rings (SSSR count). The second-order valence-electron chi connectivity index (χ2n) is 6.48. The van der Waals surface area contributed by atoms with Crippen LogP contribution in [0.1, 0.15) is 52.1 Å². The van der Waals surface area contributed by atoms with Gasteiger partial charge in [0.1, 0.15) is 0 Å². The van der Waals surface area contributed by atoms with Gasteiger partial charge in [-0.2, -0.15) is 0 Å². The monoisotopic (exact) mass is 310 g/mol. The molecule has 0 bridgehead atoms. The molecule has 0 aliphatic carbocycles. The second-order valence-corrected chi connectivity index (χ2v) is 6.92. The molecule has 0 saturated heterocycles. The first kappa shape index (κ1) is 18.5. The lowest BCUT2D eigenvalue weighted by Gasteiger charge is -2.37. The predicted molar refractivity (Wildman–Crippen MR) is 94.1 cm³/mol. The van der Waals surface area contributed by atoms with Crippen LogP contribution in [0.25, 0.3) is 0 Å². The van der Waals surface area contributed by atoms with Crippen molar-refractivity contribution in [2.45, 2.75) is 46.6 Å². The summed E-state index contributed by atoms with van der Waals surface area (Å²) in [6.07, 6.45) is 2.47. The smallest absolute Gasteiger partial charge is 0.0406 e. The van der Waals surface area contributed by atoms with Crippen LogP contribution in [0.5, 0.6) is 0 Å². The van der Waals surface area contributed by atoms with Gasteiger partial charge in [-0.3, -0.25) is 4.90 Å². The summed E-state index contributed by atoms with van der Waals surface area (Å²) in [7, 11) is 2.22. The molecule has 21 heavy (non-hydrogen) atoms. The number of rotatable bonds is 9. The third-order valence-electron chi connectivity index (χ3n) is 4.30. The van der Waals surface area contributed by atoms with Gasteiger partial charge in [-0.1, -0.05) is 50.9 Å². The van der Waals surface area contributed by atoms with Crippen molar-refractivity contribution < 1.29 is 0 Å². The zero-order valence-corrected chi connectivity index (χ0v) is 15.0. The number of hydrogen-bond acceptors (Lipinski definition) is 2. The summed E-state index contributed by atoms with van der Waals surface area (Å²) in [6, 6.07) is 8.62. The summed E-state index contributed by atoms with van der Waals surface area (Å²) >= 11 is 5.98. The van der Waals surface area contributed by atoms with Crippen molar-refractivity contribution in [3.05, 3.63) is 34.9 Å². The van der Waals surface area contributed by atoms with Crippen LogP contribution < -0.4 is 5.32 Å². The molecule has 1 aromatic rings. The van der Waals surface area contributed by atoms with Gasteiger partial charge in [0, 0.05) is 24.2 Å². The Hall–Kier alpha value is -0.570. The van der Waals surface area contributed by atoms with Gasteiger partial charge in [-0.15, -0.1) is 0 Å². The maximum absolute atomic E-state index is 5.98. The molecular weight excluding hydrogens is 280 g/mol. The Bertz CT molecular complexity index is 404. The number of benzene rings is 1. The van der Waals surface area contributed by atoms with Crippen molar-refractivity contribution in [1.82, 2.24) is 10.2 Å². The Morgan fingerprint density at radius 2 is 1.86 bits per heavy atom. The number of nitrogens with zero attached hydrogens (tertiary/aromatic N) is 1. The fourth-order valence-electron chi connectivity index (χ4n) is 2.99. The van der Waals surface area contributed by atoms with Crippen molar-refractivity contribution in [3.63, 3.8) is 0 Å². The van der Waals surface area contributed by atoms with Gasteiger partial charge in [0.2, 0.25) is 0 Å². The van der Waals surface area contributed by atoms with E-state index in [9.17, 15) is 0 Å². The minimum Gasteiger partial charge on any atom is -0.316 e.